The molecule has 0 bridgehead atoms. The number of fused-ring (bicyclic) bond motifs is 13. The first kappa shape index (κ1) is 63.4. The zero-order chi connectivity index (χ0) is 70.9. The van der Waals surface area contributed by atoms with Gasteiger partial charge in [-0.1, -0.05) is 261 Å². The van der Waals surface area contributed by atoms with E-state index in [1.54, 1.807) is 0 Å². The minimum absolute atomic E-state index is 0.0769. The number of aromatic nitrogens is 1. The fraction of sp³-hybridized carbons (Fsp3) is 0.0833. The van der Waals surface area contributed by atoms with Crippen molar-refractivity contribution in [1.82, 2.24) is 4.57 Å². The van der Waals surface area contributed by atoms with Gasteiger partial charge in [-0.2, -0.15) is 0 Å². The van der Waals surface area contributed by atoms with Gasteiger partial charge in [-0.15, -0.1) is 0 Å². The van der Waals surface area contributed by atoms with Gasteiger partial charge in [0.1, 0.15) is 22.3 Å². The van der Waals surface area contributed by atoms with E-state index in [-0.39, 0.29) is 10.8 Å². The minimum atomic E-state index is -0.456. The third kappa shape index (κ3) is 10.3. The summed E-state index contributed by atoms with van der Waals surface area (Å²) in [5.41, 5.74) is 27.6. The monoisotopic (exact) mass is 1340 g/mol. The van der Waals surface area contributed by atoms with E-state index in [9.17, 15) is 10.8 Å². The molecule has 0 saturated carbocycles. The highest BCUT2D eigenvalue weighted by atomic mass is 16.3. The summed E-state index contributed by atoms with van der Waals surface area (Å²) in [6.07, 6.45) is 3.02. The molecule has 16 aromatic rings. The number of benzene rings is 13. The smallest absolute Gasteiger partial charge is 0.252 e. The van der Waals surface area contributed by atoms with Crippen LogP contribution in [0.2, 0.25) is 0 Å². The van der Waals surface area contributed by atoms with Crippen LogP contribution in [0.15, 0.2) is 325 Å². The molecule has 2 aliphatic heterocycles. The van der Waals surface area contributed by atoms with Crippen molar-refractivity contribution in [2.75, 3.05) is 9.80 Å². The molecule has 0 amide bonds. The molecule has 3 aromatic heterocycles. The van der Waals surface area contributed by atoms with E-state index >= 15 is 0 Å². The quantitative estimate of drug-likeness (QED) is 0.0684. The van der Waals surface area contributed by atoms with Crippen molar-refractivity contribution in [3.63, 3.8) is 0 Å². The van der Waals surface area contributed by atoms with Crippen molar-refractivity contribution in [2.24, 2.45) is 0 Å². The lowest BCUT2D eigenvalue weighted by atomic mass is 9.33. The Balaban J connectivity index is 1.01. The lowest BCUT2D eigenvalue weighted by Crippen LogP contribution is -2.62. The van der Waals surface area contributed by atoms with Crippen molar-refractivity contribution in [2.45, 2.75) is 52.4 Å². The maximum absolute atomic E-state index is 9.82. The van der Waals surface area contributed by atoms with Crippen LogP contribution in [0.1, 0.15) is 74.9 Å². The predicted octanol–water partition coefficient (Wildman–Crippen LogP) is 23.5. The number of hydrogen-bond donors (Lipinski definition) is 2. The molecule has 0 spiro atoms. The molecule has 5 heterocycles. The van der Waals surface area contributed by atoms with Gasteiger partial charge in [0.2, 0.25) is 0 Å². The molecule has 7 nitrogen and oxygen atoms in total. The molecule has 0 unspecified atom stereocenters. The van der Waals surface area contributed by atoms with Gasteiger partial charge in [-0.05, 0) is 179 Å². The number of furan rings is 2. The average Bonchev–Trinajstić information content (AvgIpc) is 0.750. The summed E-state index contributed by atoms with van der Waals surface area (Å²) in [4.78, 5) is 4.85. The fourth-order valence-electron chi connectivity index (χ4n) is 16.2. The van der Waals surface area contributed by atoms with Crippen LogP contribution in [0, 0.1) is 10.8 Å². The van der Waals surface area contributed by atoms with Gasteiger partial charge in [-0.25, -0.2) is 0 Å². The molecule has 13 aromatic carbocycles. The molecule has 0 aliphatic carbocycles. The Hall–Kier alpha value is -12.8. The number of anilines is 4. The number of rotatable bonds is 13. The van der Waals surface area contributed by atoms with E-state index in [1.807, 2.05) is 48.5 Å². The summed E-state index contributed by atoms with van der Waals surface area (Å²) >= 11 is 0. The van der Waals surface area contributed by atoms with Crippen molar-refractivity contribution in [1.29, 1.82) is 10.8 Å². The molecule has 0 fully saturated rings. The Morgan fingerprint density at radius 2 is 0.683 bits per heavy atom. The molecule has 0 saturated heterocycles. The standard InChI is InChI=1S/C96H74BN5O2/c1-59(61-25-13-9-14-26-61)93(78(57-98)63-29-17-11-18-30-63)101-84-43-37-67(65-39-45-88-74(49-65)76-53-69(95(3,4)5)41-47-90(76)103-88)51-80(84)97-81-52-68(66-40-46-89-75(50-66)77-54-70(96(6,7)8)42-48-91(77)104-89)38-44-85(81)102(94(60(2)62-27-15-10-16-28-62)79(58-99)64-31-19-12-20-32-64)87-56-71(55-86(101)92(87)97)100-82-35-23-21-33-72(82)73-34-22-24-36-83(73)100/h9-58,98-99H,1-2H2,3-8H3/b93-78-,94-79-,98-57?,99-58?. The highest BCUT2D eigenvalue weighted by molar-refractivity contribution is 7.00. The molecule has 2 aliphatic rings. The SMILES string of the molecule is C=C(/C(=C(\C=N)c1ccccc1)N1c2ccc(-c3ccc4oc5ccc(C(C)(C)C)cc5c4c3)cc2B2c3cc(-c4ccc5oc6ccc(C(C)(C)C)cc6c5c4)ccc3N(/C(C(=C)c3ccccc3)=C(/C=N)c3ccccc3)c3cc(-n4c5ccccc5c5ccccc54)cc1c32)c1ccccc1. The van der Waals surface area contributed by atoms with Gasteiger partial charge in [-0.3, -0.25) is 0 Å². The van der Waals surface area contributed by atoms with E-state index in [4.69, 9.17) is 22.0 Å². The zero-order valence-corrected chi connectivity index (χ0v) is 59.0. The van der Waals surface area contributed by atoms with Crippen LogP contribution < -0.4 is 26.2 Å². The van der Waals surface area contributed by atoms with Crippen LogP contribution in [-0.4, -0.2) is 23.7 Å². The second-order valence-corrected chi connectivity index (χ2v) is 29.7. The van der Waals surface area contributed by atoms with Crippen LogP contribution in [-0.2, 0) is 10.8 Å². The van der Waals surface area contributed by atoms with Crippen molar-refractivity contribution in [3.8, 4) is 27.9 Å². The number of nitrogens with zero attached hydrogens (tertiary/aromatic N) is 3. The molecular weight excluding hydrogens is 1270 g/mol. The Morgan fingerprint density at radius 1 is 0.346 bits per heavy atom. The highest BCUT2D eigenvalue weighted by Crippen LogP contribution is 2.51. The second-order valence-electron chi connectivity index (χ2n) is 29.7. The fourth-order valence-corrected chi connectivity index (χ4v) is 16.2. The van der Waals surface area contributed by atoms with E-state index in [1.165, 1.54) is 23.6 Å². The minimum Gasteiger partial charge on any atom is -0.456 e. The van der Waals surface area contributed by atoms with Crippen LogP contribution >= 0.6 is 0 Å². The van der Waals surface area contributed by atoms with Gasteiger partial charge >= 0.3 is 0 Å². The summed E-state index contributed by atoms with van der Waals surface area (Å²) < 4.78 is 15.7. The van der Waals surface area contributed by atoms with Crippen LogP contribution in [0.4, 0.5) is 22.7 Å². The summed E-state index contributed by atoms with van der Waals surface area (Å²) in [5, 5.41) is 26.2. The van der Waals surface area contributed by atoms with Gasteiger partial charge in [0, 0.05) is 78.6 Å². The lowest BCUT2D eigenvalue weighted by Gasteiger charge is -2.46. The largest absolute Gasteiger partial charge is 0.456 e. The van der Waals surface area contributed by atoms with Crippen LogP contribution in [0.3, 0.4) is 0 Å². The Morgan fingerprint density at radius 3 is 1.07 bits per heavy atom. The first-order valence-corrected chi connectivity index (χ1v) is 35.7. The summed E-state index contributed by atoms with van der Waals surface area (Å²) in [7, 11) is 0. The van der Waals surface area contributed by atoms with Crippen molar-refractivity contribution >= 4 is 146 Å². The molecule has 2 N–H and O–H groups in total. The maximum Gasteiger partial charge on any atom is 0.252 e. The van der Waals surface area contributed by atoms with E-state index < -0.39 is 6.71 Å². The average molecular weight is 1340 g/mol. The van der Waals surface area contributed by atoms with Gasteiger partial charge in [0.15, 0.2) is 0 Å². The Kier molecular flexibility index (Phi) is 14.9. The molecule has 104 heavy (non-hydrogen) atoms. The van der Waals surface area contributed by atoms with Gasteiger partial charge < -0.3 is 34.0 Å². The topological polar surface area (TPSA) is 85.4 Å². The molecular formula is C96H74BN5O2. The first-order chi connectivity index (χ1) is 50.6. The van der Waals surface area contributed by atoms with E-state index in [0.717, 1.165) is 178 Å². The predicted molar refractivity (Wildman–Crippen MR) is 441 cm³/mol. The first-order valence-electron chi connectivity index (χ1n) is 35.7. The normalized spacial score (nSPS) is 13.3. The zero-order valence-electron chi connectivity index (χ0n) is 59.0. The second kappa shape index (κ2) is 24.5. The number of hydrogen-bond acceptors (Lipinski definition) is 6. The van der Waals surface area contributed by atoms with Crippen LogP contribution in [0.5, 0.6) is 0 Å². The molecule has 0 radical (unpaired) electrons. The third-order valence-electron chi connectivity index (χ3n) is 21.5. The Bertz CT molecular complexity index is 5960. The number of nitrogens with one attached hydrogen (secondary N) is 2. The summed E-state index contributed by atoms with van der Waals surface area (Å²) in [6.45, 7) is 23.4. The summed E-state index contributed by atoms with van der Waals surface area (Å²) in [6, 6.07) is 104. The molecule has 8 heteroatoms. The number of para-hydroxylation sites is 2. The van der Waals surface area contributed by atoms with Gasteiger partial charge in [0.25, 0.3) is 6.71 Å². The summed E-state index contributed by atoms with van der Waals surface area (Å²) in [5.74, 6) is 0. The maximum atomic E-state index is 9.82. The van der Waals surface area contributed by atoms with Gasteiger partial charge in [0.05, 0.1) is 28.1 Å². The van der Waals surface area contributed by atoms with Crippen molar-refractivity contribution in [3.05, 3.63) is 349 Å². The van der Waals surface area contributed by atoms with Crippen molar-refractivity contribution < 1.29 is 8.83 Å². The lowest BCUT2D eigenvalue weighted by molar-refractivity contribution is 0.590. The highest BCUT2D eigenvalue weighted by Gasteiger charge is 2.46. The Labute approximate surface area is 606 Å². The molecule has 498 valence electrons. The number of allylic oxidation sites excluding steroid dienone is 4. The molecule has 0 atom stereocenters. The third-order valence-corrected chi connectivity index (χ3v) is 21.5. The van der Waals surface area contributed by atoms with E-state index in [0.29, 0.717) is 11.1 Å². The molecule has 18 rings (SSSR count). The van der Waals surface area contributed by atoms with Crippen LogP contribution in [0.25, 0.3) is 116 Å². The van der Waals surface area contributed by atoms with E-state index in [2.05, 4.69) is 299 Å².